The molecule has 0 unspecified atom stereocenters. The molecule has 0 saturated carbocycles. The molecule has 0 aliphatic carbocycles. The van der Waals surface area contributed by atoms with Crippen molar-refractivity contribution in [3.63, 3.8) is 0 Å². The first-order valence-corrected chi connectivity index (χ1v) is 15.7. The van der Waals surface area contributed by atoms with Crippen LogP contribution in [0.15, 0.2) is 121 Å². The predicted molar refractivity (Wildman–Crippen MR) is 172 cm³/mol. The second-order valence-corrected chi connectivity index (χ2v) is 11.0. The molecule has 0 radical (unpaired) electrons. The largest absolute Gasteiger partial charge is 0.374 e. The molecule has 4 aromatic carbocycles. The van der Waals surface area contributed by atoms with Crippen LogP contribution in [0.4, 0.5) is 0 Å². The molecule has 5 rings (SSSR count). The Morgan fingerprint density at radius 2 is 0.978 bits per heavy atom. The third kappa shape index (κ3) is 10.3. The first-order valence-electron chi connectivity index (χ1n) is 15.7. The molecule has 4 aromatic rings. The van der Waals surface area contributed by atoms with Gasteiger partial charge in [-0.1, -0.05) is 121 Å². The van der Waals surface area contributed by atoms with Gasteiger partial charge in [-0.05, 0) is 36.1 Å². The fourth-order valence-corrected chi connectivity index (χ4v) is 5.32. The van der Waals surface area contributed by atoms with E-state index in [0.717, 1.165) is 22.3 Å². The highest BCUT2D eigenvalue weighted by atomic mass is 16.8. The third-order valence-electron chi connectivity index (χ3n) is 7.57. The van der Waals surface area contributed by atoms with Crippen LogP contribution in [0.2, 0.25) is 0 Å². The van der Waals surface area contributed by atoms with E-state index in [4.69, 9.17) is 33.2 Å². The molecule has 0 spiro atoms. The molecular formula is C38H44O7. The van der Waals surface area contributed by atoms with Gasteiger partial charge < -0.3 is 33.2 Å². The van der Waals surface area contributed by atoms with Gasteiger partial charge in [-0.25, -0.2) is 0 Å². The highest BCUT2D eigenvalue weighted by Gasteiger charge is 2.49. The molecule has 6 atom stereocenters. The number of hydrogen-bond donors (Lipinski definition) is 0. The van der Waals surface area contributed by atoms with Gasteiger partial charge in [0, 0.05) is 6.61 Å². The summed E-state index contributed by atoms with van der Waals surface area (Å²) in [5, 5.41) is 0. The van der Waals surface area contributed by atoms with E-state index < -0.39 is 37.0 Å². The summed E-state index contributed by atoms with van der Waals surface area (Å²) in [6.07, 6.45) is -3.51. The van der Waals surface area contributed by atoms with E-state index in [1.165, 1.54) is 0 Å². The molecule has 0 N–H and O–H groups in total. The quantitative estimate of drug-likeness (QED) is 0.118. The molecule has 0 bridgehead atoms. The summed E-state index contributed by atoms with van der Waals surface area (Å²) in [6.45, 7) is 6.11. The van der Waals surface area contributed by atoms with Crippen LogP contribution in [0.1, 0.15) is 36.1 Å². The van der Waals surface area contributed by atoms with E-state index in [0.29, 0.717) is 33.0 Å². The second kappa shape index (κ2) is 17.9. The van der Waals surface area contributed by atoms with E-state index in [-0.39, 0.29) is 6.61 Å². The van der Waals surface area contributed by atoms with Crippen molar-refractivity contribution < 1.29 is 33.2 Å². The first-order chi connectivity index (χ1) is 22.2. The molecule has 0 amide bonds. The van der Waals surface area contributed by atoms with Crippen LogP contribution >= 0.6 is 0 Å². The Morgan fingerprint density at radius 3 is 1.44 bits per heavy atom. The van der Waals surface area contributed by atoms with Crippen molar-refractivity contribution in [3.05, 3.63) is 144 Å². The van der Waals surface area contributed by atoms with E-state index in [9.17, 15) is 0 Å². The highest BCUT2D eigenvalue weighted by molar-refractivity contribution is 5.16. The van der Waals surface area contributed by atoms with Gasteiger partial charge in [0.25, 0.3) is 0 Å². The van der Waals surface area contributed by atoms with Crippen LogP contribution in [0.25, 0.3) is 0 Å². The average Bonchev–Trinajstić information content (AvgIpc) is 3.08. The molecule has 1 aliphatic heterocycles. The molecule has 1 fully saturated rings. The summed E-state index contributed by atoms with van der Waals surface area (Å²) < 4.78 is 45.0. The van der Waals surface area contributed by atoms with Crippen LogP contribution in [0.3, 0.4) is 0 Å². The van der Waals surface area contributed by atoms with Gasteiger partial charge in [0.15, 0.2) is 12.6 Å². The number of ether oxygens (including phenoxy) is 7. The second-order valence-electron chi connectivity index (χ2n) is 11.0. The van der Waals surface area contributed by atoms with Gasteiger partial charge in [-0.3, -0.25) is 0 Å². The van der Waals surface area contributed by atoms with Gasteiger partial charge in [-0.15, -0.1) is 0 Å². The predicted octanol–water partition coefficient (Wildman–Crippen LogP) is 7.08. The molecule has 7 nitrogen and oxygen atoms in total. The maximum absolute atomic E-state index is 6.73. The summed E-state index contributed by atoms with van der Waals surface area (Å²) in [6, 6.07) is 40.3. The molecular weight excluding hydrogens is 568 g/mol. The van der Waals surface area contributed by atoms with Crippen molar-refractivity contribution in [2.24, 2.45) is 0 Å². The van der Waals surface area contributed by atoms with Crippen molar-refractivity contribution in [1.29, 1.82) is 0 Å². The fourth-order valence-electron chi connectivity index (χ4n) is 5.32. The Bertz CT molecular complexity index is 1340. The van der Waals surface area contributed by atoms with Gasteiger partial charge in [0.1, 0.15) is 24.4 Å². The highest BCUT2D eigenvalue weighted by Crippen LogP contribution is 2.32. The Balaban J connectivity index is 1.43. The van der Waals surface area contributed by atoms with Crippen LogP contribution in [0.5, 0.6) is 0 Å². The van der Waals surface area contributed by atoms with Crippen molar-refractivity contribution in [3.8, 4) is 0 Å². The lowest BCUT2D eigenvalue weighted by atomic mass is 9.97. The van der Waals surface area contributed by atoms with Crippen molar-refractivity contribution in [1.82, 2.24) is 0 Å². The van der Waals surface area contributed by atoms with Crippen molar-refractivity contribution >= 4 is 0 Å². The SMILES string of the molecule is CCO[C@H](C)O[C@H]1O[C@H](COCc2ccccc2)[C@@H](OCc2ccccc2)[C@H](OCc2ccccc2)[C@H]1OCc1ccccc1. The van der Waals surface area contributed by atoms with Crippen LogP contribution < -0.4 is 0 Å². The van der Waals surface area contributed by atoms with Gasteiger partial charge in [-0.2, -0.15) is 0 Å². The molecule has 45 heavy (non-hydrogen) atoms. The Hall–Kier alpha value is -3.40. The monoisotopic (exact) mass is 612 g/mol. The smallest absolute Gasteiger partial charge is 0.189 e. The number of hydrogen-bond acceptors (Lipinski definition) is 7. The zero-order chi connectivity index (χ0) is 31.1. The molecule has 1 heterocycles. The molecule has 1 saturated heterocycles. The minimum atomic E-state index is -0.794. The van der Waals surface area contributed by atoms with Crippen LogP contribution in [0, 0.1) is 0 Å². The van der Waals surface area contributed by atoms with Gasteiger partial charge in [0.2, 0.25) is 0 Å². The molecule has 0 aromatic heterocycles. The lowest BCUT2D eigenvalue weighted by Crippen LogP contribution is -2.62. The fraction of sp³-hybridized carbons (Fsp3) is 0.368. The standard InChI is InChI=1S/C38H44O7/c1-3-40-29(2)44-38-37(43-27-33-22-14-7-15-23-33)36(42-26-32-20-12-6-13-21-32)35(41-25-31-18-10-5-11-19-31)34(45-38)28-39-24-30-16-8-4-9-17-30/h4-23,29,34-38H,3,24-28H2,1-2H3/t29-,34+,35+,36-,37+,38-/m0/s1. The Morgan fingerprint density at radius 1 is 0.556 bits per heavy atom. The zero-order valence-corrected chi connectivity index (χ0v) is 26.1. The normalized spacial score (nSPS) is 22.2. The van der Waals surface area contributed by atoms with E-state index >= 15 is 0 Å². The first kappa shape index (κ1) is 33.0. The van der Waals surface area contributed by atoms with Crippen LogP contribution in [-0.4, -0.2) is 50.2 Å². The molecule has 1 aliphatic rings. The summed E-state index contributed by atoms with van der Waals surface area (Å²) in [5.74, 6) is 0. The minimum Gasteiger partial charge on any atom is -0.374 e. The minimum absolute atomic E-state index is 0.272. The number of rotatable bonds is 17. The summed E-state index contributed by atoms with van der Waals surface area (Å²) in [4.78, 5) is 0. The van der Waals surface area contributed by atoms with Gasteiger partial charge >= 0.3 is 0 Å². The van der Waals surface area contributed by atoms with Gasteiger partial charge in [0.05, 0.1) is 33.0 Å². The van der Waals surface area contributed by atoms with E-state index in [1.807, 2.05) is 135 Å². The average molecular weight is 613 g/mol. The third-order valence-corrected chi connectivity index (χ3v) is 7.57. The van der Waals surface area contributed by atoms with E-state index in [1.54, 1.807) is 0 Å². The van der Waals surface area contributed by atoms with Crippen molar-refractivity contribution in [2.75, 3.05) is 13.2 Å². The molecule has 7 heteroatoms. The maximum Gasteiger partial charge on any atom is 0.189 e. The zero-order valence-electron chi connectivity index (χ0n) is 26.1. The maximum atomic E-state index is 6.73. The van der Waals surface area contributed by atoms with Crippen LogP contribution in [-0.2, 0) is 59.6 Å². The van der Waals surface area contributed by atoms with E-state index in [2.05, 4.69) is 0 Å². The summed E-state index contributed by atoms with van der Waals surface area (Å²) >= 11 is 0. The number of benzene rings is 4. The summed E-state index contributed by atoms with van der Waals surface area (Å²) in [5.41, 5.74) is 4.21. The van der Waals surface area contributed by atoms with Crippen molar-refractivity contribution in [2.45, 2.75) is 77.3 Å². The lowest BCUT2D eigenvalue weighted by molar-refractivity contribution is -0.353. The topological polar surface area (TPSA) is 64.6 Å². The Kier molecular flexibility index (Phi) is 13.1. The lowest BCUT2D eigenvalue weighted by Gasteiger charge is -2.46. The molecule has 238 valence electrons. The Labute approximate surface area is 267 Å². The summed E-state index contributed by atoms with van der Waals surface area (Å²) in [7, 11) is 0.